The van der Waals surface area contributed by atoms with E-state index in [9.17, 15) is 0 Å². The number of tetrazole rings is 1. The number of ether oxygens (including phenoxy) is 1. The van der Waals surface area contributed by atoms with Crippen molar-refractivity contribution in [1.82, 2.24) is 25.5 Å². The second-order valence-electron chi connectivity index (χ2n) is 4.71. The van der Waals surface area contributed by atoms with E-state index in [1.54, 1.807) is 7.05 Å². The first kappa shape index (κ1) is 12.1. The molecule has 0 amide bonds. The molecule has 0 radical (unpaired) electrons. The molecular weight excluding hydrogens is 242 g/mol. The highest BCUT2D eigenvalue weighted by Crippen LogP contribution is 2.28. The Labute approximate surface area is 111 Å². The SMILES string of the molecule is CNC(Cc1nnn(C)n1)c1ccc2c(c1)CCO2. The highest BCUT2D eigenvalue weighted by Gasteiger charge is 2.17. The van der Waals surface area contributed by atoms with Gasteiger partial charge >= 0.3 is 0 Å². The molecular formula is C13H17N5O. The van der Waals surface area contributed by atoms with Gasteiger partial charge in [-0.2, -0.15) is 4.80 Å². The van der Waals surface area contributed by atoms with Crippen molar-refractivity contribution in [2.45, 2.75) is 18.9 Å². The number of hydrogen-bond donors (Lipinski definition) is 1. The molecule has 0 fully saturated rings. The van der Waals surface area contributed by atoms with Gasteiger partial charge < -0.3 is 10.1 Å². The van der Waals surface area contributed by atoms with Gasteiger partial charge in [-0.3, -0.25) is 0 Å². The van der Waals surface area contributed by atoms with Crippen molar-refractivity contribution in [3.05, 3.63) is 35.2 Å². The molecule has 0 bridgehead atoms. The fourth-order valence-electron chi connectivity index (χ4n) is 2.40. The molecule has 1 unspecified atom stereocenters. The summed E-state index contributed by atoms with van der Waals surface area (Å²) in [5, 5.41) is 15.4. The predicted molar refractivity (Wildman–Crippen MR) is 69.9 cm³/mol. The smallest absolute Gasteiger partial charge is 0.176 e. The Hall–Kier alpha value is -1.95. The van der Waals surface area contributed by atoms with E-state index in [2.05, 4.69) is 32.9 Å². The fraction of sp³-hybridized carbons (Fsp3) is 0.462. The largest absolute Gasteiger partial charge is 0.493 e. The summed E-state index contributed by atoms with van der Waals surface area (Å²) in [6, 6.07) is 6.54. The minimum absolute atomic E-state index is 0.190. The summed E-state index contributed by atoms with van der Waals surface area (Å²) in [4.78, 5) is 1.48. The van der Waals surface area contributed by atoms with Crippen LogP contribution in [0.2, 0.25) is 0 Å². The summed E-state index contributed by atoms with van der Waals surface area (Å²) in [6.45, 7) is 0.786. The molecule has 1 aromatic carbocycles. The van der Waals surface area contributed by atoms with Gasteiger partial charge in [0, 0.05) is 18.9 Å². The van der Waals surface area contributed by atoms with Crippen LogP contribution in [-0.4, -0.2) is 33.9 Å². The van der Waals surface area contributed by atoms with Crippen molar-refractivity contribution in [2.75, 3.05) is 13.7 Å². The van der Waals surface area contributed by atoms with Crippen LogP contribution in [0, 0.1) is 0 Å². The highest BCUT2D eigenvalue weighted by molar-refractivity contribution is 5.40. The summed E-state index contributed by atoms with van der Waals surface area (Å²) in [5.74, 6) is 1.76. The molecule has 1 aliphatic heterocycles. The number of fused-ring (bicyclic) bond motifs is 1. The van der Waals surface area contributed by atoms with E-state index < -0.39 is 0 Å². The van der Waals surface area contributed by atoms with Crippen molar-refractivity contribution >= 4 is 0 Å². The zero-order valence-corrected chi connectivity index (χ0v) is 11.1. The van der Waals surface area contributed by atoms with Crippen LogP contribution < -0.4 is 10.1 Å². The number of aromatic nitrogens is 4. The van der Waals surface area contributed by atoms with Crippen molar-refractivity contribution in [3.8, 4) is 5.75 Å². The van der Waals surface area contributed by atoms with Gasteiger partial charge in [0.2, 0.25) is 0 Å². The average molecular weight is 259 g/mol. The normalized spacial score (nSPS) is 15.1. The summed E-state index contributed by atoms with van der Waals surface area (Å²) in [5.41, 5.74) is 2.52. The number of nitrogens with one attached hydrogen (secondary N) is 1. The highest BCUT2D eigenvalue weighted by atomic mass is 16.5. The molecule has 6 nitrogen and oxygen atoms in total. The molecule has 0 spiro atoms. The zero-order chi connectivity index (χ0) is 13.2. The van der Waals surface area contributed by atoms with Gasteiger partial charge in [0.15, 0.2) is 5.82 Å². The van der Waals surface area contributed by atoms with Crippen LogP contribution in [0.4, 0.5) is 0 Å². The van der Waals surface area contributed by atoms with Crippen LogP contribution in [0.3, 0.4) is 0 Å². The van der Waals surface area contributed by atoms with Crippen LogP contribution in [-0.2, 0) is 19.9 Å². The molecule has 0 saturated carbocycles. The summed E-state index contributed by atoms with van der Waals surface area (Å²) in [7, 11) is 3.72. The first-order chi connectivity index (χ1) is 9.26. The molecule has 2 heterocycles. The van der Waals surface area contributed by atoms with Gasteiger partial charge in [0.25, 0.3) is 0 Å². The number of rotatable bonds is 4. The van der Waals surface area contributed by atoms with Gasteiger partial charge in [-0.25, -0.2) is 0 Å². The van der Waals surface area contributed by atoms with E-state index >= 15 is 0 Å². The number of likely N-dealkylation sites (N-methyl/N-ethyl adjacent to an activating group) is 1. The van der Waals surface area contributed by atoms with E-state index in [0.717, 1.165) is 31.0 Å². The van der Waals surface area contributed by atoms with Crippen LogP contribution in [0.5, 0.6) is 5.75 Å². The van der Waals surface area contributed by atoms with Crippen molar-refractivity contribution in [3.63, 3.8) is 0 Å². The van der Waals surface area contributed by atoms with E-state index in [1.165, 1.54) is 15.9 Å². The Kier molecular flexibility index (Phi) is 3.16. The Morgan fingerprint density at radius 3 is 3.11 bits per heavy atom. The maximum absolute atomic E-state index is 5.53. The molecule has 6 heteroatoms. The monoisotopic (exact) mass is 259 g/mol. The van der Waals surface area contributed by atoms with Gasteiger partial charge in [0.1, 0.15) is 5.75 Å². The fourth-order valence-corrected chi connectivity index (χ4v) is 2.40. The topological polar surface area (TPSA) is 64.9 Å². The molecule has 1 aromatic heterocycles. The Morgan fingerprint density at radius 2 is 2.37 bits per heavy atom. The minimum atomic E-state index is 0.190. The first-order valence-corrected chi connectivity index (χ1v) is 6.42. The Balaban J connectivity index is 1.82. The molecule has 1 atom stereocenters. The molecule has 0 aliphatic carbocycles. The standard InChI is InChI=1S/C13H17N5O/c1-14-11(8-13-15-17-18(2)16-13)9-3-4-12-10(7-9)5-6-19-12/h3-4,7,11,14H,5-6,8H2,1-2H3. The number of hydrogen-bond acceptors (Lipinski definition) is 5. The molecule has 3 rings (SSSR count). The van der Waals surface area contributed by atoms with E-state index in [-0.39, 0.29) is 6.04 Å². The van der Waals surface area contributed by atoms with E-state index in [4.69, 9.17) is 4.74 Å². The minimum Gasteiger partial charge on any atom is -0.493 e. The Bertz CT molecular complexity index is 580. The maximum Gasteiger partial charge on any atom is 0.176 e. The predicted octanol–water partition coefficient (Wildman–Crippen LogP) is 0.648. The van der Waals surface area contributed by atoms with Gasteiger partial charge in [0.05, 0.1) is 13.7 Å². The summed E-state index contributed by atoms with van der Waals surface area (Å²) >= 11 is 0. The van der Waals surface area contributed by atoms with Crippen LogP contribution in [0.1, 0.15) is 23.0 Å². The zero-order valence-electron chi connectivity index (χ0n) is 11.1. The lowest BCUT2D eigenvalue weighted by Gasteiger charge is -2.15. The summed E-state index contributed by atoms with van der Waals surface area (Å²) < 4.78 is 5.53. The number of benzene rings is 1. The maximum atomic E-state index is 5.53. The quantitative estimate of drug-likeness (QED) is 0.873. The third-order valence-electron chi connectivity index (χ3n) is 3.40. The molecule has 2 aromatic rings. The average Bonchev–Trinajstić information content (AvgIpc) is 3.03. The second-order valence-corrected chi connectivity index (χ2v) is 4.71. The van der Waals surface area contributed by atoms with Crippen LogP contribution in [0.25, 0.3) is 0 Å². The van der Waals surface area contributed by atoms with Crippen LogP contribution in [0.15, 0.2) is 18.2 Å². The lowest BCUT2D eigenvalue weighted by molar-refractivity contribution is 0.356. The lowest BCUT2D eigenvalue weighted by atomic mass is 10.00. The van der Waals surface area contributed by atoms with Gasteiger partial charge in [-0.1, -0.05) is 12.1 Å². The van der Waals surface area contributed by atoms with E-state index in [1.807, 2.05) is 13.1 Å². The number of aryl methyl sites for hydroxylation is 1. The van der Waals surface area contributed by atoms with Crippen LogP contribution >= 0.6 is 0 Å². The second kappa shape index (κ2) is 4.97. The lowest BCUT2D eigenvalue weighted by Crippen LogP contribution is -2.19. The van der Waals surface area contributed by atoms with Gasteiger partial charge in [-0.15, -0.1) is 10.2 Å². The van der Waals surface area contributed by atoms with Crippen molar-refractivity contribution < 1.29 is 4.74 Å². The molecule has 1 N–H and O–H groups in total. The third kappa shape index (κ3) is 2.44. The third-order valence-corrected chi connectivity index (χ3v) is 3.40. The first-order valence-electron chi connectivity index (χ1n) is 6.42. The molecule has 1 aliphatic rings. The molecule has 19 heavy (non-hydrogen) atoms. The molecule has 100 valence electrons. The van der Waals surface area contributed by atoms with Crippen molar-refractivity contribution in [1.29, 1.82) is 0 Å². The number of nitrogens with zero attached hydrogens (tertiary/aromatic N) is 4. The van der Waals surface area contributed by atoms with Crippen molar-refractivity contribution in [2.24, 2.45) is 7.05 Å². The summed E-state index contributed by atoms with van der Waals surface area (Å²) in [6.07, 6.45) is 1.72. The van der Waals surface area contributed by atoms with Gasteiger partial charge in [-0.05, 0) is 29.5 Å². The van der Waals surface area contributed by atoms with E-state index in [0.29, 0.717) is 0 Å². The Morgan fingerprint density at radius 1 is 1.47 bits per heavy atom. The molecule has 0 saturated heterocycles.